The molecule has 0 fully saturated rings. The Bertz CT molecular complexity index is 310. The molecule has 1 rings (SSSR count). The Morgan fingerprint density at radius 2 is 1.85 bits per heavy atom. The molecule has 1 nitrogen and oxygen atoms in total. The second-order valence-electron chi connectivity index (χ2n) is 2.69. The number of benzene rings is 1. The number of hydrogen-bond acceptors (Lipinski definition) is 1. The summed E-state index contributed by atoms with van der Waals surface area (Å²) in [5.41, 5.74) is 5.32. The summed E-state index contributed by atoms with van der Waals surface area (Å²) in [5.74, 6) is 0. The third kappa shape index (κ3) is 2.26. The maximum Gasteiger partial charge on any atom is 0.417 e. The SMILES string of the molecule is Cc1cc(N)cc(I)c1C(F)(F)F. The van der Waals surface area contributed by atoms with Gasteiger partial charge in [-0.1, -0.05) is 0 Å². The first-order valence-electron chi connectivity index (χ1n) is 3.45. The largest absolute Gasteiger partial charge is 0.417 e. The zero-order valence-electron chi connectivity index (χ0n) is 6.74. The van der Waals surface area contributed by atoms with Crippen LogP contribution in [-0.2, 0) is 6.18 Å². The van der Waals surface area contributed by atoms with Crippen LogP contribution >= 0.6 is 22.6 Å². The molecule has 0 amide bonds. The number of hydrogen-bond donors (Lipinski definition) is 1. The Morgan fingerprint density at radius 3 is 2.23 bits per heavy atom. The van der Waals surface area contributed by atoms with Crippen molar-refractivity contribution in [1.29, 1.82) is 0 Å². The Hall–Kier alpha value is -0.460. The molecule has 0 heterocycles. The molecule has 0 saturated carbocycles. The van der Waals surface area contributed by atoms with Crippen LogP contribution in [-0.4, -0.2) is 0 Å². The van der Waals surface area contributed by atoms with E-state index in [9.17, 15) is 13.2 Å². The molecule has 0 aliphatic rings. The number of nitrogen functional groups attached to an aromatic ring is 1. The molecule has 0 aromatic heterocycles. The number of rotatable bonds is 0. The highest BCUT2D eigenvalue weighted by molar-refractivity contribution is 14.1. The van der Waals surface area contributed by atoms with E-state index in [1.165, 1.54) is 19.1 Å². The van der Waals surface area contributed by atoms with Gasteiger partial charge in [-0.2, -0.15) is 13.2 Å². The summed E-state index contributed by atoms with van der Waals surface area (Å²) in [6, 6.07) is 2.64. The topological polar surface area (TPSA) is 26.0 Å². The van der Waals surface area contributed by atoms with E-state index in [-0.39, 0.29) is 9.13 Å². The first-order valence-corrected chi connectivity index (χ1v) is 4.53. The fourth-order valence-electron chi connectivity index (χ4n) is 1.13. The molecule has 2 N–H and O–H groups in total. The Kier molecular flexibility index (Phi) is 2.74. The highest BCUT2D eigenvalue weighted by Crippen LogP contribution is 2.36. The van der Waals surface area contributed by atoms with Crippen molar-refractivity contribution in [2.24, 2.45) is 0 Å². The molecule has 0 unspecified atom stereocenters. The van der Waals surface area contributed by atoms with Gasteiger partial charge in [0.15, 0.2) is 0 Å². The molecule has 1 aromatic carbocycles. The predicted molar refractivity (Wildman–Crippen MR) is 53.3 cm³/mol. The number of alkyl halides is 3. The van der Waals surface area contributed by atoms with Gasteiger partial charge >= 0.3 is 6.18 Å². The van der Waals surface area contributed by atoms with Gasteiger partial charge in [0.25, 0.3) is 0 Å². The monoisotopic (exact) mass is 301 g/mol. The minimum Gasteiger partial charge on any atom is -0.399 e. The maximum atomic E-state index is 12.4. The van der Waals surface area contributed by atoms with Crippen molar-refractivity contribution >= 4 is 28.3 Å². The number of anilines is 1. The van der Waals surface area contributed by atoms with Gasteiger partial charge in [-0.05, 0) is 47.2 Å². The van der Waals surface area contributed by atoms with Crippen molar-refractivity contribution in [3.05, 3.63) is 26.8 Å². The van der Waals surface area contributed by atoms with Crippen LogP contribution in [0.15, 0.2) is 12.1 Å². The third-order valence-electron chi connectivity index (χ3n) is 1.59. The van der Waals surface area contributed by atoms with Crippen molar-refractivity contribution in [3.8, 4) is 0 Å². The van der Waals surface area contributed by atoms with Crippen molar-refractivity contribution < 1.29 is 13.2 Å². The fraction of sp³-hybridized carbons (Fsp3) is 0.250. The highest BCUT2D eigenvalue weighted by Gasteiger charge is 2.34. The van der Waals surface area contributed by atoms with Crippen LogP contribution in [0.2, 0.25) is 0 Å². The second-order valence-corrected chi connectivity index (χ2v) is 3.85. The summed E-state index contributed by atoms with van der Waals surface area (Å²) in [6.07, 6.45) is -4.30. The summed E-state index contributed by atoms with van der Waals surface area (Å²) < 4.78 is 37.3. The second kappa shape index (κ2) is 3.36. The Balaban J connectivity index is 3.38. The summed E-state index contributed by atoms with van der Waals surface area (Å²) in [7, 11) is 0. The minimum atomic E-state index is -4.30. The molecule has 0 aliphatic heterocycles. The first-order chi connectivity index (χ1) is 5.82. The van der Waals surface area contributed by atoms with E-state index in [1.54, 1.807) is 22.6 Å². The molecule has 1 aromatic rings. The lowest BCUT2D eigenvalue weighted by Gasteiger charge is -2.12. The Labute approximate surface area is 87.3 Å². The molecule has 0 saturated heterocycles. The third-order valence-corrected chi connectivity index (χ3v) is 2.44. The summed E-state index contributed by atoms with van der Waals surface area (Å²) >= 11 is 1.64. The van der Waals surface area contributed by atoms with Crippen LogP contribution in [0.3, 0.4) is 0 Å². The van der Waals surface area contributed by atoms with Crippen LogP contribution in [0.5, 0.6) is 0 Å². The smallest absolute Gasteiger partial charge is 0.399 e. The average Bonchev–Trinajstić information content (AvgIpc) is 1.78. The van der Waals surface area contributed by atoms with E-state index >= 15 is 0 Å². The van der Waals surface area contributed by atoms with Gasteiger partial charge in [0, 0.05) is 9.26 Å². The first kappa shape index (κ1) is 10.6. The van der Waals surface area contributed by atoms with Crippen molar-refractivity contribution in [3.63, 3.8) is 0 Å². The molecule has 0 radical (unpaired) electrons. The molecule has 0 spiro atoms. The van der Waals surface area contributed by atoms with Crippen LogP contribution in [0.1, 0.15) is 11.1 Å². The van der Waals surface area contributed by atoms with E-state index < -0.39 is 11.7 Å². The fourth-order valence-corrected chi connectivity index (χ4v) is 2.22. The average molecular weight is 301 g/mol. The quantitative estimate of drug-likeness (QED) is 0.578. The molecule has 13 heavy (non-hydrogen) atoms. The van der Waals surface area contributed by atoms with E-state index in [0.29, 0.717) is 5.69 Å². The summed E-state index contributed by atoms with van der Waals surface area (Å²) in [6.45, 7) is 1.40. The van der Waals surface area contributed by atoms with E-state index in [1.807, 2.05) is 0 Å². The highest BCUT2D eigenvalue weighted by atomic mass is 127. The van der Waals surface area contributed by atoms with Gasteiger partial charge in [-0.3, -0.25) is 0 Å². The van der Waals surface area contributed by atoms with E-state index in [4.69, 9.17) is 5.73 Å². The molecular weight excluding hydrogens is 294 g/mol. The number of halogens is 4. The van der Waals surface area contributed by atoms with Gasteiger partial charge < -0.3 is 5.73 Å². The van der Waals surface area contributed by atoms with Gasteiger partial charge in [-0.15, -0.1) is 0 Å². The predicted octanol–water partition coefficient (Wildman–Crippen LogP) is 3.20. The van der Waals surface area contributed by atoms with Gasteiger partial charge in [0.2, 0.25) is 0 Å². The van der Waals surface area contributed by atoms with Gasteiger partial charge in [0.1, 0.15) is 0 Å². The zero-order chi connectivity index (χ0) is 10.2. The minimum absolute atomic E-state index is 0.141. The molecule has 0 atom stereocenters. The number of aryl methyl sites for hydroxylation is 1. The number of nitrogens with two attached hydrogens (primary N) is 1. The normalized spacial score (nSPS) is 11.8. The molecule has 0 bridgehead atoms. The van der Waals surface area contributed by atoms with Gasteiger partial charge in [-0.25, -0.2) is 0 Å². The lowest BCUT2D eigenvalue weighted by molar-refractivity contribution is -0.138. The van der Waals surface area contributed by atoms with Crippen molar-refractivity contribution in [2.75, 3.05) is 5.73 Å². The summed E-state index contributed by atoms with van der Waals surface area (Å²) in [5, 5.41) is 0. The molecule has 0 aliphatic carbocycles. The summed E-state index contributed by atoms with van der Waals surface area (Å²) in [4.78, 5) is 0. The van der Waals surface area contributed by atoms with E-state index in [0.717, 1.165) is 0 Å². The van der Waals surface area contributed by atoms with Gasteiger partial charge in [0.05, 0.1) is 5.56 Å². The molecule has 72 valence electrons. The van der Waals surface area contributed by atoms with Crippen LogP contribution in [0.25, 0.3) is 0 Å². The lowest BCUT2D eigenvalue weighted by Crippen LogP contribution is -2.10. The van der Waals surface area contributed by atoms with Crippen LogP contribution in [0, 0.1) is 10.5 Å². The standard InChI is InChI=1S/C8H7F3IN/c1-4-2-5(13)3-6(12)7(4)8(9,10)11/h2-3H,13H2,1H3. The van der Waals surface area contributed by atoms with Crippen LogP contribution < -0.4 is 5.73 Å². The lowest BCUT2D eigenvalue weighted by atomic mass is 10.1. The zero-order valence-corrected chi connectivity index (χ0v) is 8.90. The van der Waals surface area contributed by atoms with Crippen LogP contribution in [0.4, 0.5) is 18.9 Å². The molecule has 5 heteroatoms. The van der Waals surface area contributed by atoms with Crippen molar-refractivity contribution in [2.45, 2.75) is 13.1 Å². The van der Waals surface area contributed by atoms with Crippen molar-refractivity contribution in [1.82, 2.24) is 0 Å². The maximum absolute atomic E-state index is 12.4. The molecular formula is C8H7F3IN. The Morgan fingerprint density at radius 1 is 1.31 bits per heavy atom. The van der Waals surface area contributed by atoms with E-state index in [2.05, 4.69) is 0 Å².